The van der Waals surface area contributed by atoms with Crippen LogP contribution < -0.4 is 9.64 Å². The zero-order valence-corrected chi connectivity index (χ0v) is 25.9. The molecule has 6 atom stereocenters. The Kier molecular flexibility index (Phi) is 9.29. The van der Waals surface area contributed by atoms with Crippen LogP contribution in [-0.2, 0) is 14.4 Å². The molecular weight excluding hydrogens is 538 g/mol. The smallest absolute Gasteiger partial charge is 0.251 e. The number of hydrogen-bond donors (Lipinski definition) is 1. The third kappa shape index (κ3) is 5.09. The van der Waals surface area contributed by atoms with Crippen LogP contribution >= 0.6 is 11.8 Å². The molecule has 2 bridgehead atoms. The number of anilines is 1. The highest BCUT2D eigenvalue weighted by Crippen LogP contribution is 2.72. The summed E-state index contributed by atoms with van der Waals surface area (Å²) in [6, 6.07) is 5.87. The van der Waals surface area contributed by atoms with Crippen molar-refractivity contribution in [3.05, 3.63) is 49.6 Å². The van der Waals surface area contributed by atoms with E-state index in [4.69, 9.17) is 4.74 Å². The molecule has 1 aromatic carbocycles. The highest BCUT2D eigenvalue weighted by molar-refractivity contribution is 8.02. The van der Waals surface area contributed by atoms with Gasteiger partial charge in [0.1, 0.15) is 11.8 Å². The number of aliphatic hydroxyl groups excluding tert-OH is 1. The molecule has 3 saturated heterocycles. The van der Waals surface area contributed by atoms with Crippen molar-refractivity contribution in [1.29, 1.82) is 0 Å². The van der Waals surface area contributed by atoms with Crippen LogP contribution in [0.3, 0.4) is 0 Å². The fourth-order valence-corrected chi connectivity index (χ4v) is 9.60. The second-order valence-electron chi connectivity index (χ2n) is 12.0. The molecule has 3 fully saturated rings. The fraction of sp³-hybridized carbons (Fsp3) is 0.594. The number of amides is 3. The lowest BCUT2D eigenvalue weighted by Gasteiger charge is -2.40. The van der Waals surface area contributed by atoms with Crippen molar-refractivity contribution in [2.24, 2.45) is 17.8 Å². The molecule has 3 aliphatic rings. The molecule has 0 radical (unpaired) electrons. The van der Waals surface area contributed by atoms with E-state index in [1.165, 1.54) is 0 Å². The summed E-state index contributed by atoms with van der Waals surface area (Å²) in [5.74, 6) is -1.08. The predicted molar refractivity (Wildman–Crippen MR) is 164 cm³/mol. The van der Waals surface area contributed by atoms with Crippen LogP contribution in [0.4, 0.5) is 5.69 Å². The summed E-state index contributed by atoms with van der Waals surface area (Å²) in [5.41, 5.74) is 0.671. The van der Waals surface area contributed by atoms with Crippen molar-refractivity contribution in [3.8, 4) is 5.75 Å². The highest BCUT2D eigenvalue weighted by Gasteiger charge is 2.78. The summed E-state index contributed by atoms with van der Waals surface area (Å²) in [7, 11) is 1.59. The number of fused-ring (bicyclic) bond motifs is 1. The average molecular weight is 584 g/mol. The first-order valence-corrected chi connectivity index (χ1v) is 15.5. The molecule has 3 heterocycles. The largest absolute Gasteiger partial charge is 0.497 e. The number of ether oxygens (including phenoxy) is 1. The van der Waals surface area contributed by atoms with Crippen LogP contribution in [0, 0.1) is 17.8 Å². The van der Waals surface area contributed by atoms with Gasteiger partial charge in [-0.25, -0.2) is 0 Å². The van der Waals surface area contributed by atoms with Crippen LogP contribution in [0.25, 0.3) is 0 Å². The third-order valence-electron chi connectivity index (χ3n) is 9.14. The van der Waals surface area contributed by atoms with Crippen LogP contribution in [-0.4, -0.2) is 87.6 Å². The number of carbonyl (C=O) groups is 3. The van der Waals surface area contributed by atoms with Gasteiger partial charge in [0.25, 0.3) is 5.91 Å². The number of hydrogen-bond acceptors (Lipinski definition) is 6. The molecule has 1 aromatic rings. The summed E-state index contributed by atoms with van der Waals surface area (Å²) in [4.78, 5) is 48.7. The minimum Gasteiger partial charge on any atom is -0.497 e. The molecule has 0 aliphatic carbocycles. The zero-order chi connectivity index (χ0) is 30.1. The van der Waals surface area contributed by atoms with Crippen molar-refractivity contribution in [2.45, 2.75) is 68.5 Å². The zero-order valence-electron chi connectivity index (χ0n) is 25.0. The number of aliphatic hydroxyl groups is 1. The molecule has 1 N–H and O–H groups in total. The Balaban J connectivity index is 1.85. The van der Waals surface area contributed by atoms with Crippen LogP contribution in [0.2, 0.25) is 0 Å². The highest BCUT2D eigenvalue weighted by atomic mass is 32.2. The van der Waals surface area contributed by atoms with E-state index in [-0.39, 0.29) is 36.8 Å². The molecule has 224 valence electrons. The lowest BCUT2D eigenvalue weighted by atomic mass is 9.66. The Morgan fingerprint density at radius 2 is 1.83 bits per heavy atom. The topological polar surface area (TPSA) is 90.4 Å². The van der Waals surface area contributed by atoms with E-state index in [0.29, 0.717) is 30.9 Å². The first-order chi connectivity index (χ1) is 19.5. The Labute approximate surface area is 248 Å². The second-order valence-corrected chi connectivity index (χ2v) is 13.9. The van der Waals surface area contributed by atoms with Gasteiger partial charge in [-0.3, -0.25) is 14.4 Å². The summed E-state index contributed by atoms with van der Waals surface area (Å²) in [6.45, 7) is 16.7. The number of nitrogens with zero attached hydrogens (tertiary/aromatic N) is 3. The molecule has 41 heavy (non-hydrogen) atoms. The number of methoxy groups -OCH3 is 1. The number of carbonyl (C=O) groups excluding carboxylic acids is 3. The Hall–Kier alpha value is -2.78. The van der Waals surface area contributed by atoms with E-state index >= 15 is 0 Å². The van der Waals surface area contributed by atoms with Crippen molar-refractivity contribution >= 4 is 35.2 Å². The van der Waals surface area contributed by atoms with E-state index in [0.717, 1.165) is 12.8 Å². The number of rotatable bonds is 13. The molecule has 1 spiro atoms. The maximum atomic E-state index is 14.8. The summed E-state index contributed by atoms with van der Waals surface area (Å²) >= 11 is 1.65. The van der Waals surface area contributed by atoms with Gasteiger partial charge in [-0.15, -0.1) is 24.9 Å². The van der Waals surface area contributed by atoms with Crippen LogP contribution in [0.15, 0.2) is 49.6 Å². The van der Waals surface area contributed by atoms with Gasteiger partial charge in [-0.05, 0) is 56.4 Å². The molecule has 0 saturated carbocycles. The summed E-state index contributed by atoms with van der Waals surface area (Å²) in [6.07, 6.45) is 5.58. The van der Waals surface area contributed by atoms with Gasteiger partial charge in [0.15, 0.2) is 0 Å². The number of benzene rings is 1. The molecule has 4 rings (SSSR count). The van der Waals surface area contributed by atoms with E-state index < -0.39 is 33.4 Å². The lowest BCUT2D eigenvalue weighted by molar-refractivity contribution is -0.147. The van der Waals surface area contributed by atoms with Gasteiger partial charge in [0.2, 0.25) is 11.8 Å². The minimum absolute atomic E-state index is 0.0436. The van der Waals surface area contributed by atoms with Crippen LogP contribution in [0.1, 0.15) is 47.0 Å². The Morgan fingerprint density at radius 1 is 1.17 bits per heavy atom. The van der Waals surface area contributed by atoms with Crippen molar-refractivity contribution in [1.82, 2.24) is 9.80 Å². The second kappa shape index (κ2) is 12.2. The Bertz CT molecular complexity index is 1170. The first kappa shape index (κ1) is 31.2. The van der Waals surface area contributed by atoms with Gasteiger partial charge < -0.3 is 24.5 Å². The van der Waals surface area contributed by atoms with Crippen molar-refractivity contribution in [2.75, 3.05) is 38.3 Å². The summed E-state index contributed by atoms with van der Waals surface area (Å²) in [5, 5.41) is 10.5. The molecule has 8 nitrogen and oxygen atoms in total. The van der Waals surface area contributed by atoms with Gasteiger partial charge in [-0.2, -0.15) is 0 Å². The average Bonchev–Trinajstić information content (AvgIpc) is 3.52. The third-order valence-corrected chi connectivity index (χ3v) is 11.1. The number of likely N-dealkylation sites (tertiary alicyclic amines) is 1. The fourth-order valence-electron chi connectivity index (χ4n) is 7.27. The molecule has 9 heteroatoms. The quantitative estimate of drug-likeness (QED) is 0.351. The van der Waals surface area contributed by atoms with Crippen molar-refractivity contribution in [3.63, 3.8) is 0 Å². The minimum atomic E-state index is -0.828. The standard InChI is InChI=1S/C32H45N3O5S/c1-8-17-33(18-9-2)28(37)25-26-29(38)35(24(20-36)21(4)5)27(32(26)16-15-31(25,6)41-32)30(39)34(19-10-3)22-11-13-23(40-7)14-12-22/h8,10-14,21,24-27,36H,1,3,9,15-20H2,2,4-7H3/t24-,25-,26-,27?,31+,32?/m0/s1. The number of thioether (sulfide) groups is 1. The first-order valence-electron chi connectivity index (χ1n) is 14.6. The van der Waals surface area contributed by atoms with Gasteiger partial charge in [0, 0.05) is 30.1 Å². The van der Waals surface area contributed by atoms with E-state index in [1.807, 2.05) is 32.9 Å². The molecular formula is C32H45N3O5S. The maximum absolute atomic E-state index is 14.8. The monoisotopic (exact) mass is 583 g/mol. The normalized spacial score (nSPS) is 28.9. The SMILES string of the molecule is C=CCN(CCC)C(=O)[C@@H]1[C@H]2C(=O)N([C@@H](CO)C(C)C)C(C(=O)N(CC=C)c3ccc(OC)cc3)C23CC[C@@]1(C)S3. The van der Waals surface area contributed by atoms with E-state index in [2.05, 4.69) is 20.1 Å². The Morgan fingerprint density at radius 3 is 2.37 bits per heavy atom. The molecule has 2 unspecified atom stereocenters. The van der Waals surface area contributed by atoms with E-state index in [1.54, 1.807) is 57.9 Å². The lowest BCUT2D eigenvalue weighted by Crippen LogP contribution is -2.58. The maximum Gasteiger partial charge on any atom is 0.251 e. The van der Waals surface area contributed by atoms with Crippen molar-refractivity contribution < 1.29 is 24.2 Å². The van der Waals surface area contributed by atoms with Gasteiger partial charge in [0.05, 0.1) is 36.3 Å². The van der Waals surface area contributed by atoms with Gasteiger partial charge in [-0.1, -0.05) is 32.9 Å². The predicted octanol–water partition coefficient (Wildman–Crippen LogP) is 4.14. The van der Waals surface area contributed by atoms with Crippen LogP contribution in [0.5, 0.6) is 5.75 Å². The summed E-state index contributed by atoms with van der Waals surface area (Å²) < 4.78 is 4.08. The molecule has 3 aliphatic heterocycles. The molecule has 0 aromatic heterocycles. The molecule has 3 amide bonds. The van der Waals surface area contributed by atoms with Gasteiger partial charge >= 0.3 is 0 Å². The van der Waals surface area contributed by atoms with E-state index in [9.17, 15) is 19.5 Å².